The fraction of sp³-hybridized carbons (Fsp3) is 0.238. The molecule has 0 unspecified atom stereocenters. The van der Waals surface area contributed by atoms with Gasteiger partial charge in [-0.2, -0.15) is 5.10 Å². The van der Waals surface area contributed by atoms with Gasteiger partial charge in [-0.25, -0.2) is 4.68 Å². The van der Waals surface area contributed by atoms with Crippen LogP contribution in [0.1, 0.15) is 23.4 Å². The number of rotatable bonds is 3. The van der Waals surface area contributed by atoms with E-state index in [1.807, 2.05) is 29.8 Å². The largest absolute Gasteiger partial charge is 0.365 e. The van der Waals surface area contributed by atoms with E-state index < -0.39 is 0 Å². The van der Waals surface area contributed by atoms with Crippen LogP contribution in [0, 0.1) is 13.8 Å². The molecular weight excluding hydrogens is 324 g/mol. The zero-order valence-corrected chi connectivity index (χ0v) is 15.1. The van der Waals surface area contributed by atoms with E-state index in [2.05, 4.69) is 58.6 Å². The molecule has 0 saturated heterocycles. The first-order valence-corrected chi connectivity index (χ1v) is 8.86. The first-order chi connectivity index (χ1) is 12.6. The highest BCUT2D eigenvalue weighted by Crippen LogP contribution is 2.29. The quantitative estimate of drug-likeness (QED) is 0.784. The van der Waals surface area contributed by atoms with Crippen LogP contribution >= 0.6 is 0 Å². The van der Waals surface area contributed by atoms with Gasteiger partial charge in [0.25, 0.3) is 0 Å². The molecule has 1 aliphatic rings. The normalized spacial score (nSPS) is 13.9. The summed E-state index contributed by atoms with van der Waals surface area (Å²) in [5.41, 5.74) is 6.37. The summed E-state index contributed by atoms with van der Waals surface area (Å²) in [7, 11) is 0. The van der Waals surface area contributed by atoms with Crippen molar-refractivity contribution in [3.05, 3.63) is 71.5 Å². The Balaban J connectivity index is 1.58. The number of anilines is 2. The lowest BCUT2D eigenvalue weighted by atomic mass is 10.1. The monoisotopic (exact) mass is 346 g/mol. The van der Waals surface area contributed by atoms with E-state index in [0.717, 1.165) is 35.0 Å². The molecule has 1 aliphatic heterocycles. The van der Waals surface area contributed by atoms with Gasteiger partial charge in [0, 0.05) is 25.2 Å². The van der Waals surface area contributed by atoms with Crippen molar-refractivity contribution in [1.29, 1.82) is 0 Å². The number of carbonyl (C=O) groups excluding carboxylic acids is 1. The lowest BCUT2D eigenvalue weighted by Gasteiger charge is -2.24. The molecule has 0 saturated carbocycles. The van der Waals surface area contributed by atoms with Gasteiger partial charge in [-0.05, 0) is 49.7 Å². The molecule has 0 fully saturated rings. The predicted octanol–water partition coefficient (Wildman–Crippen LogP) is 3.84. The van der Waals surface area contributed by atoms with Crippen molar-refractivity contribution in [3.8, 4) is 5.69 Å². The molecule has 26 heavy (non-hydrogen) atoms. The second-order valence-corrected chi connectivity index (χ2v) is 6.74. The summed E-state index contributed by atoms with van der Waals surface area (Å²) in [5.74, 6) is 0.0693. The van der Waals surface area contributed by atoms with Crippen molar-refractivity contribution in [3.63, 3.8) is 0 Å². The molecule has 0 bridgehead atoms. The van der Waals surface area contributed by atoms with Crippen LogP contribution in [0.15, 0.2) is 54.6 Å². The molecule has 2 heterocycles. The average molecular weight is 346 g/mol. The van der Waals surface area contributed by atoms with Crippen LogP contribution in [0.2, 0.25) is 0 Å². The van der Waals surface area contributed by atoms with E-state index in [1.165, 1.54) is 5.56 Å². The van der Waals surface area contributed by atoms with E-state index in [4.69, 9.17) is 0 Å². The first-order valence-electron chi connectivity index (χ1n) is 8.86. The number of amides is 1. The lowest BCUT2D eigenvalue weighted by molar-refractivity contribution is -0.115. The van der Waals surface area contributed by atoms with Crippen LogP contribution in [0.5, 0.6) is 0 Å². The molecule has 4 rings (SSSR count). The van der Waals surface area contributed by atoms with Gasteiger partial charge in [0.15, 0.2) is 0 Å². The Labute approximate surface area is 153 Å². The van der Waals surface area contributed by atoms with Crippen LogP contribution in [0.3, 0.4) is 0 Å². The van der Waals surface area contributed by atoms with Crippen molar-refractivity contribution in [2.45, 2.75) is 26.8 Å². The summed E-state index contributed by atoms with van der Waals surface area (Å²) in [6.07, 6.45) is 0.499. The Hall–Kier alpha value is -3.08. The van der Waals surface area contributed by atoms with Gasteiger partial charge in [0.1, 0.15) is 0 Å². The van der Waals surface area contributed by atoms with Gasteiger partial charge < -0.3 is 10.2 Å². The lowest BCUT2D eigenvalue weighted by Crippen LogP contribution is -2.24. The third kappa shape index (κ3) is 3.20. The number of fused-ring (bicyclic) bond motifs is 1. The summed E-state index contributed by atoms with van der Waals surface area (Å²) < 4.78 is 1.96. The standard InChI is InChI=1S/C21H22N4O/c1-15-13-16(2)25(23-15)18-9-7-17(8-10-18)14-24-12-11-21(26)22-19-5-3-4-6-20(19)24/h3-10,13H,11-12,14H2,1-2H3,(H,22,26). The van der Waals surface area contributed by atoms with Gasteiger partial charge in [-0.15, -0.1) is 0 Å². The van der Waals surface area contributed by atoms with Crippen molar-refractivity contribution in [2.24, 2.45) is 0 Å². The highest BCUT2D eigenvalue weighted by Gasteiger charge is 2.18. The third-order valence-corrected chi connectivity index (χ3v) is 4.69. The third-order valence-electron chi connectivity index (χ3n) is 4.69. The van der Waals surface area contributed by atoms with Gasteiger partial charge in [-0.3, -0.25) is 4.79 Å². The summed E-state index contributed by atoms with van der Waals surface area (Å²) in [4.78, 5) is 14.2. The second-order valence-electron chi connectivity index (χ2n) is 6.74. The predicted molar refractivity (Wildman–Crippen MR) is 104 cm³/mol. The van der Waals surface area contributed by atoms with Crippen LogP contribution in [0.25, 0.3) is 5.69 Å². The van der Waals surface area contributed by atoms with Crippen molar-refractivity contribution < 1.29 is 4.79 Å². The smallest absolute Gasteiger partial charge is 0.226 e. The summed E-state index contributed by atoms with van der Waals surface area (Å²) in [6.45, 7) is 5.54. The number of para-hydroxylation sites is 2. The van der Waals surface area contributed by atoms with Crippen molar-refractivity contribution in [2.75, 3.05) is 16.8 Å². The molecule has 0 spiro atoms. The maximum atomic E-state index is 11.9. The maximum Gasteiger partial charge on any atom is 0.226 e. The van der Waals surface area contributed by atoms with Crippen LogP contribution < -0.4 is 10.2 Å². The highest BCUT2D eigenvalue weighted by molar-refractivity contribution is 5.96. The van der Waals surface area contributed by atoms with Crippen LogP contribution in [-0.4, -0.2) is 22.2 Å². The van der Waals surface area contributed by atoms with Crippen LogP contribution in [0.4, 0.5) is 11.4 Å². The van der Waals surface area contributed by atoms with Gasteiger partial charge in [0.2, 0.25) is 5.91 Å². The second kappa shape index (κ2) is 6.67. The summed E-state index contributed by atoms with van der Waals surface area (Å²) >= 11 is 0. The molecule has 0 atom stereocenters. The molecule has 3 aromatic rings. The van der Waals surface area contributed by atoms with Crippen molar-refractivity contribution >= 4 is 17.3 Å². The summed E-state index contributed by atoms with van der Waals surface area (Å²) in [5, 5.41) is 7.52. The van der Waals surface area contributed by atoms with Gasteiger partial charge >= 0.3 is 0 Å². The minimum absolute atomic E-state index is 0.0693. The number of hydrogen-bond acceptors (Lipinski definition) is 3. The SMILES string of the molecule is Cc1cc(C)n(-c2ccc(CN3CCC(=O)Nc4ccccc43)cc2)n1. The van der Waals surface area contributed by atoms with Gasteiger partial charge in [0.05, 0.1) is 22.8 Å². The van der Waals surface area contributed by atoms with Crippen molar-refractivity contribution in [1.82, 2.24) is 9.78 Å². The Kier molecular flexibility index (Phi) is 4.21. The van der Waals surface area contributed by atoms with E-state index in [-0.39, 0.29) is 5.91 Å². The molecule has 2 aromatic carbocycles. The topological polar surface area (TPSA) is 50.2 Å². The van der Waals surface area contributed by atoms with E-state index in [0.29, 0.717) is 13.0 Å². The molecule has 1 aromatic heterocycles. The highest BCUT2D eigenvalue weighted by atomic mass is 16.1. The van der Waals surface area contributed by atoms with E-state index in [9.17, 15) is 4.79 Å². The Morgan fingerprint density at radius 2 is 1.85 bits per heavy atom. The first kappa shape index (κ1) is 16.4. The maximum absolute atomic E-state index is 11.9. The number of nitrogens with one attached hydrogen (secondary N) is 1. The number of aromatic nitrogens is 2. The van der Waals surface area contributed by atoms with E-state index in [1.54, 1.807) is 0 Å². The Morgan fingerprint density at radius 1 is 1.08 bits per heavy atom. The zero-order valence-electron chi connectivity index (χ0n) is 15.1. The molecule has 0 radical (unpaired) electrons. The zero-order chi connectivity index (χ0) is 18.1. The Morgan fingerprint density at radius 3 is 2.58 bits per heavy atom. The Bertz CT molecular complexity index is 943. The molecule has 5 heteroatoms. The molecular formula is C21H22N4O. The molecule has 1 amide bonds. The number of aryl methyl sites for hydroxylation is 2. The molecule has 5 nitrogen and oxygen atoms in total. The van der Waals surface area contributed by atoms with Gasteiger partial charge in [-0.1, -0.05) is 24.3 Å². The minimum Gasteiger partial charge on any atom is -0.365 e. The minimum atomic E-state index is 0.0693. The number of benzene rings is 2. The average Bonchev–Trinajstić information content (AvgIpc) is 2.89. The molecule has 132 valence electrons. The van der Waals surface area contributed by atoms with Crippen LogP contribution in [-0.2, 0) is 11.3 Å². The summed E-state index contributed by atoms with van der Waals surface area (Å²) in [6, 6.07) is 18.5. The number of carbonyl (C=O) groups is 1. The molecule has 0 aliphatic carbocycles. The number of nitrogens with zero attached hydrogens (tertiary/aromatic N) is 3. The van der Waals surface area contributed by atoms with E-state index >= 15 is 0 Å². The molecule has 1 N–H and O–H groups in total. The fourth-order valence-electron chi connectivity index (χ4n) is 3.44. The number of hydrogen-bond donors (Lipinski definition) is 1. The fourth-order valence-corrected chi connectivity index (χ4v) is 3.44.